The normalized spacial score (nSPS) is 15.5. The molecule has 4 aromatic rings. The first-order valence-corrected chi connectivity index (χ1v) is 12.6. The van der Waals surface area contributed by atoms with Gasteiger partial charge in [0.2, 0.25) is 17.8 Å². The van der Waals surface area contributed by atoms with Gasteiger partial charge in [-0.3, -0.25) is 19.6 Å². The molecule has 1 aliphatic heterocycles. The van der Waals surface area contributed by atoms with Crippen molar-refractivity contribution in [2.75, 3.05) is 23.3 Å². The van der Waals surface area contributed by atoms with E-state index >= 15 is 0 Å². The zero-order valence-corrected chi connectivity index (χ0v) is 21.3. The van der Waals surface area contributed by atoms with Crippen molar-refractivity contribution in [1.29, 1.82) is 0 Å². The standard InChI is InChI=1S/C26H31N9O2/c1-4-21(36)30-25(37)19-10-11-33(14-19)26-31-23(22-24(32-26)35(16-27-22)17(2)3)29-20-12-28-34(15-20)13-18-8-6-5-7-9-18/h5-9,12,15-17,19H,4,10-11,13-14H2,1-3H3,(H,29,31,32)(H,30,36,37)/t19-/m0/s1. The Balaban J connectivity index is 1.41. The van der Waals surface area contributed by atoms with Crippen LogP contribution in [0.3, 0.4) is 0 Å². The highest BCUT2D eigenvalue weighted by atomic mass is 16.2. The van der Waals surface area contributed by atoms with Crippen LogP contribution in [0.2, 0.25) is 0 Å². The van der Waals surface area contributed by atoms with E-state index in [0.717, 1.165) is 11.3 Å². The first kappa shape index (κ1) is 24.4. The van der Waals surface area contributed by atoms with Gasteiger partial charge in [-0.15, -0.1) is 0 Å². The zero-order chi connectivity index (χ0) is 25.9. The third-order valence-corrected chi connectivity index (χ3v) is 6.47. The molecule has 2 amide bonds. The molecule has 0 aliphatic carbocycles. The fourth-order valence-electron chi connectivity index (χ4n) is 4.42. The number of imidazole rings is 1. The SMILES string of the molecule is CCC(=O)NC(=O)[C@H]1CCN(c2nc(Nc3cnn(Cc4ccccc4)c3)c3ncn(C(C)C)c3n2)C1. The van der Waals surface area contributed by atoms with Crippen molar-refractivity contribution in [2.45, 2.75) is 46.2 Å². The van der Waals surface area contributed by atoms with Gasteiger partial charge in [0.1, 0.15) is 0 Å². The number of hydrogen-bond donors (Lipinski definition) is 2. The van der Waals surface area contributed by atoms with E-state index in [1.165, 1.54) is 0 Å². The van der Waals surface area contributed by atoms with Gasteiger partial charge in [-0.25, -0.2) is 4.98 Å². The average molecular weight is 502 g/mol. The van der Waals surface area contributed by atoms with Crippen LogP contribution in [-0.4, -0.2) is 54.2 Å². The Morgan fingerprint density at radius 2 is 1.97 bits per heavy atom. The quantitative estimate of drug-likeness (QED) is 0.377. The van der Waals surface area contributed by atoms with Crippen LogP contribution in [0, 0.1) is 5.92 Å². The van der Waals surface area contributed by atoms with Crippen molar-refractivity contribution in [3.05, 3.63) is 54.6 Å². The van der Waals surface area contributed by atoms with Crippen LogP contribution in [0.15, 0.2) is 49.1 Å². The van der Waals surface area contributed by atoms with E-state index in [2.05, 4.69) is 46.7 Å². The molecular formula is C26H31N9O2. The molecule has 0 radical (unpaired) electrons. The third-order valence-electron chi connectivity index (χ3n) is 6.47. The number of nitrogens with one attached hydrogen (secondary N) is 2. The van der Waals surface area contributed by atoms with Crippen molar-refractivity contribution < 1.29 is 9.59 Å². The lowest BCUT2D eigenvalue weighted by Gasteiger charge is -2.18. The van der Waals surface area contributed by atoms with E-state index in [0.29, 0.717) is 49.0 Å². The largest absolute Gasteiger partial charge is 0.340 e. The molecule has 1 atom stereocenters. The van der Waals surface area contributed by atoms with E-state index in [1.54, 1.807) is 19.4 Å². The molecule has 1 aromatic carbocycles. The van der Waals surface area contributed by atoms with Gasteiger partial charge in [0, 0.05) is 31.7 Å². The average Bonchev–Trinajstić information content (AvgIpc) is 3.64. The topological polar surface area (TPSA) is 123 Å². The third kappa shape index (κ3) is 5.30. The lowest BCUT2D eigenvalue weighted by molar-refractivity contribution is -0.132. The summed E-state index contributed by atoms with van der Waals surface area (Å²) >= 11 is 0. The van der Waals surface area contributed by atoms with Gasteiger partial charge >= 0.3 is 0 Å². The van der Waals surface area contributed by atoms with Crippen LogP contribution >= 0.6 is 0 Å². The Kier molecular flexibility index (Phi) is 6.85. The first-order chi connectivity index (χ1) is 17.9. The number of carbonyl (C=O) groups excluding carboxylic acids is 2. The molecule has 5 rings (SSSR count). The monoisotopic (exact) mass is 501 g/mol. The van der Waals surface area contributed by atoms with Crippen LogP contribution in [0.1, 0.15) is 45.2 Å². The molecule has 0 saturated carbocycles. The van der Waals surface area contributed by atoms with Crippen molar-refractivity contribution in [2.24, 2.45) is 5.92 Å². The number of fused-ring (bicyclic) bond motifs is 1. The Hall–Kier alpha value is -4.28. The summed E-state index contributed by atoms with van der Waals surface area (Å²) in [5, 5.41) is 10.3. The first-order valence-electron chi connectivity index (χ1n) is 12.6. The molecular weight excluding hydrogens is 470 g/mol. The molecule has 1 fully saturated rings. The Labute approximate surface area is 214 Å². The van der Waals surface area contributed by atoms with E-state index in [4.69, 9.17) is 9.97 Å². The van der Waals surface area contributed by atoms with E-state index in [9.17, 15) is 9.59 Å². The van der Waals surface area contributed by atoms with E-state index < -0.39 is 0 Å². The molecule has 3 aromatic heterocycles. The fourth-order valence-corrected chi connectivity index (χ4v) is 4.42. The number of amides is 2. The summed E-state index contributed by atoms with van der Waals surface area (Å²) in [6, 6.07) is 10.3. The van der Waals surface area contributed by atoms with Crippen molar-refractivity contribution in [3.8, 4) is 0 Å². The smallest absolute Gasteiger partial charge is 0.231 e. The number of aromatic nitrogens is 6. The number of anilines is 3. The maximum atomic E-state index is 12.5. The van der Waals surface area contributed by atoms with Gasteiger partial charge < -0.3 is 14.8 Å². The van der Waals surface area contributed by atoms with Gasteiger partial charge in [0.05, 0.1) is 30.7 Å². The second kappa shape index (κ2) is 10.4. The highest BCUT2D eigenvalue weighted by Gasteiger charge is 2.31. The molecule has 2 N–H and O–H groups in total. The summed E-state index contributed by atoms with van der Waals surface area (Å²) in [6.45, 7) is 7.60. The number of carbonyl (C=O) groups is 2. The van der Waals surface area contributed by atoms with E-state index in [1.807, 2.05) is 38.5 Å². The Morgan fingerprint density at radius 3 is 2.73 bits per heavy atom. The molecule has 4 heterocycles. The van der Waals surface area contributed by atoms with Crippen molar-refractivity contribution >= 4 is 40.4 Å². The predicted octanol–water partition coefficient (Wildman–Crippen LogP) is 3.27. The van der Waals surface area contributed by atoms with Gasteiger partial charge in [-0.05, 0) is 25.8 Å². The molecule has 1 saturated heterocycles. The van der Waals surface area contributed by atoms with Crippen LogP contribution in [0.4, 0.5) is 17.5 Å². The van der Waals surface area contributed by atoms with Crippen LogP contribution in [-0.2, 0) is 16.1 Å². The summed E-state index contributed by atoms with van der Waals surface area (Å²) in [5.74, 6) is 0.296. The lowest BCUT2D eigenvalue weighted by Crippen LogP contribution is -2.36. The molecule has 0 bridgehead atoms. The number of hydrogen-bond acceptors (Lipinski definition) is 8. The maximum absolute atomic E-state index is 12.5. The van der Waals surface area contributed by atoms with Gasteiger partial charge in [-0.2, -0.15) is 15.1 Å². The number of nitrogens with zero attached hydrogens (tertiary/aromatic N) is 7. The van der Waals surface area contributed by atoms with Gasteiger partial charge in [0.15, 0.2) is 17.0 Å². The maximum Gasteiger partial charge on any atom is 0.231 e. The van der Waals surface area contributed by atoms with Gasteiger partial charge in [-0.1, -0.05) is 37.3 Å². The second-order valence-electron chi connectivity index (χ2n) is 9.52. The summed E-state index contributed by atoms with van der Waals surface area (Å²) in [6.07, 6.45) is 6.37. The number of imide groups is 1. The van der Waals surface area contributed by atoms with Crippen molar-refractivity contribution in [3.63, 3.8) is 0 Å². The second-order valence-corrected chi connectivity index (χ2v) is 9.52. The lowest BCUT2D eigenvalue weighted by atomic mass is 10.1. The Morgan fingerprint density at radius 1 is 1.16 bits per heavy atom. The highest BCUT2D eigenvalue weighted by molar-refractivity contribution is 5.96. The number of benzene rings is 1. The molecule has 1 aliphatic rings. The minimum absolute atomic E-state index is 0.159. The minimum atomic E-state index is -0.294. The number of rotatable bonds is 8. The molecule has 0 unspecified atom stereocenters. The molecule has 11 heteroatoms. The van der Waals surface area contributed by atoms with Crippen LogP contribution < -0.4 is 15.5 Å². The molecule has 37 heavy (non-hydrogen) atoms. The van der Waals surface area contributed by atoms with E-state index in [-0.39, 0.29) is 30.2 Å². The molecule has 11 nitrogen and oxygen atoms in total. The summed E-state index contributed by atoms with van der Waals surface area (Å²) in [7, 11) is 0. The summed E-state index contributed by atoms with van der Waals surface area (Å²) in [5.41, 5.74) is 3.33. The zero-order valence-electron chi connectivity index (χ0n) is 21.3. The van der Waals surface area contributed by atoms with Gasteiger partial charge in [0.25, 0.3) is 0 Å². The highest BCUT2D eigenvalue weighted by Crippen LogP contribution is 2.29. The van der Waals surface area contributed by atoms with Crippen LogP contribution in [0.25, 0.3) is 11.2 Å². The predicted molar refractivity (Wildman–Crippen MR) is 141 cm³/mol. The molecule has 0 spiro atoms. The van der Waals surface area contributed by atoms with Crippen molar-refractivity contribution in [1.82, 2.24) is 34.6 Å². The summed E-state index contributed by atoms with van der Waals surface area (Å²) in [4.78, 5) is 40.4. The Bertz CT molecular complexity index is 1410. The van der Waals surface area contributed by atoms with Crippen LogP contribution in [0.5, 0.6) is 0 Å². The fraction of sp³-hybridized carbons (Fsp3) is 0.385. The molecule has 192 valence electrons. The minimum Gasteiger partial charge on any atom is -0.340 e. The summed E-state index contributed by atoms with van der Waals surface area (Å²) < 4.78 is 3.87.